The SMILES string of the molecule is O=C(CN1CCCNCC1)NCCC1CCC1. The van der Waals surface area contributed by atoms with E-state index in [1.807, 2.05) is 0 Å². The van der Waals surface area contributed by atoms with Gasteiger partial charge in [-0.15, -0.1) is 0 Å². The molecule has 1 aliphatic carbocycles. The van der Waals surface area contributed by atoms with E-state index in [9.17, 15) is 4.79 Å². The van der Waals surface area contributed by atoms with Gasteiger partial charge in [0.1, 0.15) is 0 Å². The minimum Gasteiger partial charge on any atom is -0.355 e. The molecular formula is C13H25N3O. The molecule has 0 aromatic carbocycles. The fourth-order valence-corrected chi connectivity index (χ4v) is 2.52. The van der Waals surface area contributed by atoms with Gasteiger partial charge in [0.05, 0.1) is 6.54 Å². The minimum absolute atomic E-state index is 0.200. The Labute approximate surface area is 104 Å². The maximum Gasteiger partial charge on any atom is 0.234 e. The highest BCUT2D eigenvalue weighted by atomic mass is 16.2. The van der Waals surface area contributed by atoms with Crippen molar-refractivity contribution in [1.82, 2.24) is 15.5 Å². The van der Waals surface area contributed by atoms with Crippen LogP contribution in [0.1, 0.15) is 32.1 Å². The molecule has 0 bridgehead atoms. The first-order chi connectivity index (χ1) is 8.34. The molecule has 17 heavy (non-hydrogen) atoms. The third kappa shape index (κ3) is 4.64. The van der Waals surface area contributed by atoms with Gasteiger partial charge in [0.15, 0.2) is 0 Å². The van der Waals surface area contributed by atoms with Crippen LogP contribution in [0.25, 0.3) is 0 Å². The molecule has 1 saturated carbocycles. The van der Waals surface area contributed by atoms with Gasteiger partial charge in [0, 0.05) is 19.6 Å². The first-order valence-electron chi connectivity index (χ1n) is 7.04. The number of carbonyl (C=O) groups is 1. The second-order valence-corrected chi connectivity index (χ2v) is 5.32. The number of rotatable bonds is 5. The Morgan fingerprint density at radius 1 is 1.24 bits per heavy atom. The minimum atomic E-state index is 0.200. The molecule has 2 N–H and O–H groups in total. The van der Waals surface area contributed by atoms with Crippen LogP contribution < -0.4 is 10.6 Å². The van der Waals surface area contributed by atoms with E-state index in [0.717, 1.165) is 45.1 Å². The van der Waals surface area contributed by atoms with Crippen molar-refractivity contribution in [2.45, 2.75) is 32.1 Å². The normalized spacial score (nSPS) is 22.8. The fourth-order valence-electron chi connectivity index (χ4n) is 2.52. The first-order valence-corrected chi connectivity index (χ1v) is 7.04. The standard InChI is InChI=1S/C13H25N3O/c17-13(15-7-5-12-3-1-4-12)11-16-9-2-6-14-8-10-16/h12,14H,1-11H2,(H,15,17). The second-order valence-electron chi connectivity index (χ2n) is 5.32. The van der Waals surface area contributed by atoms with E-state index < -0.39 is 0 Å². The number of carbonyl (C=O) groups excluding carboxylic acids is 1. The molecule has 0 spiro atoms. The molecule has 2 aliphatic rings. The molecule has 98 valence electrons. The van der Waals surface area contributed by atoms with Gasteiger partial charge in [-0.2, -0.15) is 0 Å². The van der Waals surface area contributed by atoms with Gasteiger partial charge in [-0.1, -0.05) is 19.3 Å². The summed E-state index contributed by atoms with van der Waals surface area (Å²) in [5.74, 6) is 1.09. The van der Waals surface area contributed by atoms with Gasteiger partial charge in [0.25, 0.3) is 0 Å². The average Bonchev–Trinajstić information content (AvgIpc) is 2.50. The molecule has 1 amide bonds. The van der Waals surface area contributed by atoms with Crippen molar-refractivity contribution in [1.29, 1.82) is 0 Å². The van der Waals surface area contributed by atoms with Crippen molar-refractivity contribution in [2.24, 2.45) is 5.92 Å². The van der Waals surface area contributed by atoms with Crippen LogP contribution in [0.15, 0.2) is 0 Å². The van der Waals surface area contributed by atoms with Crippen LogP contribution in [0.2, 0.25) is 0 Å². The topological polar surface area (TPSA) is 44.4 Å². The van der Waals surface area contributed by atoms with E-state index in [-0.39, 0.29) is 5.91 Å². The summed E-state index contributed by atoms with van der Waals surface area (Å²) < 4.78 is 0. The Kier molecular flexibility index (Phi) is 5.26. The van der Waals surface area contributed by atoms with Crippen LogP contribution in [0.4, 0.5) is 0 Å². The van der Waals surface area contributed by atoms with Gasteiger partial charge in [-0.05, 0) is 31.8 Å². The predicted octanol–water partition coefficient (Wildman–Crippen LogP) is 0.588. The summed E-state index contributed by atoms with van der Waals surface area (Å²) in [6.07, 6.45) is 6.45. The Morgan fingerprint density at radius 2 is 2.12 bits per heavy atom. The zero-order valence-electron chi connectivity index (χ0n) is 10.7. The van der Waals surface area contributed by atoms with E-state index in [1.165, 1.54) is 25.7 Å². The molecule has 0 unspecified atom stereocenters. The molecule has 1 heterocycles. The highest BCUT2D eigenvalue weighted by molar-refractivity contribution is 5.77. The van der Waals surface area contributed by atoms with Gasteiger partial charge in [-0.3, -0.25) is 9.69 Å². The van der Waals surface area contributed by atoms with Crippen LogP contribution >= 0.6 is 0 Å². The van der Waals surface area contributed by atoms with Crippen molar-refractivity contribution >= 4 is 5.91 Å². The predicted molar refractivity (Wildman–Crippen MR) is 68.9 cm³/mol. The van der Waals surface area contributed by atoms with Crippen molar-refractivity contribution in [3.05, 3.63) is 0 Å². The van der Waals surface area contributed by atoms with Gasteiger partial charge in [0.2, 0.25) is 5.91 Å². The lowest BCUT2D eigenvalue weighted by molar-refractivity contribution is -0.122. The lowest BCUT2D eigenvalue weighted by atomic mass is 9.83. The molecule has 0 radical (unpaired) electrons. The maximum atomic E-state index is 11.7. The summed E-state index contributed by atoms with van der Waals surface area (Å²) >= 11 is 0. The molecule has 0 aromatic rings. The average molecular weight is 239 g/mol. The van der Waals surface area contributed by atoms with Crippen molar-refractivity contribution in [3.63, 3.8) is 0 Å². The number of nitrogens with one attached hydrogen (secondary N) is 2. The smallest absolute Gasteiger partial charge is 0.234 e. The summed E-state index contributed by atoms with van der Waals surface area (Å²) in [6.45, 7) is 5.58. The molecule has 1 saturated heterocycles. The third-order valence-electron chi connectivity index (χ3n) is 3.90. The summed E-state index contributed by atoms with van der Waals surface area (Å²) in [6, 6.07) is 0. The molecule has 4 nitrogen and oxygen atoms in total. The summed E-state index contributed by atoms with van der Waals surface area (Å²) in [4.78, 5) is 14.0. The third-order valence-corrected chi connectivity index (χ3v) is 3.90. The van der Waals surface area contributed by atoms with Crippen LogP contribution in [-0.2, 0) is 4.79 Å². The Hall–Kier alpha value is -0.610. The lowest BCUT2D eigenvalue weighted by Crippen LogP contribution is -2.39. The number of hydrogen-bond donors (Lipinski definition) is 2. The van der Waals surface area contributed by atoms with Crippen LogP contribution in [0.3, 0.4) is 0 Å². The molecular weight excluding hydrogens is 214 g/mol. The number of nitrogens with zero attached hydrogens (tertiary/aromatic N) is 1. The molecule has 0 aromatic heterocycles. The van der Waals surface area contributed by atoms with Gasteiger partial charge < -0.3 is 10.6 Å². The highest BCUT2D eigenvalue weighted by Crippen LogP contribution is 2.28. The maximum absolute atomic E-state index is 11.7. The van der Waals surface area contributed by atoms with E-state index in [4.69, 9.17) is 0 Å². The zero-order valence-corrected chi connectivity index (χ0v) is 10.7. The quantitative estimate of drug-likeness (QED) is 0.738. The Balaban J connectivity index is 1.55. The van der Waals surface area contributed by atoms with Crippen molar-refractivity contribution < 1.29 is 4.79 Å². The molecule has 1 aliphatic heterocycles. The number of amides is 1. The van der Waals surface area contributed by atoms with Crippen molar-refractivity contribution in [2.75, 3.05) is 39.3 Å². The van der Waals surface area contributed by atoms with E-state index in [0.29, 0.717) is 6.54 Å². The molecule has 4 heteroatoms. The number of hydrogen-bond acceptors (Lipinski definition) is 3. The molecule has 0 atom stereocenters. The van der Waals surface area contributed by atoms with Gasteiger partial charge >= 0.3 is 0 Å². The summed E-state index contributed by atoms with van der Waals surface area (Å²) in [7, 11) is 0. The molecule has 2 fully saturated rings. The Morgan fingerprint density at radius 3 is 2.88 bits per heavy atom. The largest absolute Gasteiger partial charge is 0.355 e. The van der Waals surface area contributed by atoms with Crippen LogP contribution in [-0.4, -0.2) is 50.1 Å². The van der Waals surface area contributed by atoms with E-state index in [2.05, 4.69) is 15.5 Å². The van der Waals surface area contributed by atoms with E-state index >= 15 is 0 Å². The van der Waals surface area contributed by atoms with Gasteiger partial charge in [-0.25, -0.2) is 0 Å². The Bertz CT molecular complexity index is 233. The lowest BCUT2D eigenvalue weighted by Gasteiger charge is -2.25. The zero-order chi connectivity index (χ0) is 11.9. The van der Waals surface area contributed by atoms with Crippen LogP contribution in [0, 0.1) is 5.92 Å². The summed E-state index contributed by atoms with van der Waals surface area (Å²) in [5, 5.41) is 6.40. The highest BCUT2D eigenvalue weighted by Gasteiger charge is 2.17. The van der Waals surface area contributed by atoms with Crippen molar-refractivity contribution in [3.8, 4) is 0 Å². The van der Waals surface area contributed by atoms with E-state index in [1.54, 1.807) is 0 Å². The molecule has 2 rings (SSSR count). The fraction of sp³-hybridized carbons (Fsp3) is 0.923. The summed E-state index contributed by atoms with van der Waals surface area (Å²) in [5.41, 5.74) is 0. The monoisotopic (exact) mass is 239 g/mol. The first kappa shape index (κ1) is 12.8. The van der Waals surface area contributed by atoms with Crippen LogP contribution in [0.5, 0.6) is 0 Å². The second kappa shape index (κ2) is 6.97.